The summed E-state index contributed by atoms with van der Waals surface area (Å²) in [5, 5.41) is 3.74. The molecule has 0 saturated heterocycles. The van der Waals surface area contributed by atoms with Crippen LogP contribution in [0.25, 0.3) is 0 Å². The normalized spacial score (nSPS) is 13.5. The maximum atomic E-state index is 13.2. The Balaban J connectivity index is 1.51. The molecule has 0 radical (unpaired) electrons. The number of nitrogens with one attached hydrogen (secondary N) is 1. The summed E-state index contributed by atoms with van der Waals surface area (Å²) in [5.74, 6) is 0.138. The number of hydrogen-bond donors (Lipinski definition) is 1. The quantitative estimate of drug-likeness (QED) is 0.313. The number of imide groups is 1. The van der Waals surface area contributed by atoms with Crippen LogP contribution in [0, 0.1) is 0 Å². The fourth-order valence-corrected chi connectivity index (χ4v) is 4.53. The summed E-state index contributed by atoms with van der Waals surface area (Å²) in [7, 11) is 0. The Morgan fingerprint density at radius 2 is 1.43 bits per heavy atom. The molecule has 3 amide bonds. The van der Waals surface area contributed by atoms with Gasteiger partial charge < -0.3 is 10.1 Å². The average molecular weight is 550 g/mol. The van der Waals surface area contributed by atoms with Crippen molar-refractivity contribution in [1.82, 2.24) is 4.90 Å². The number of hydrogen-bond acceptors (Lipinski definition) is 5. The van der Waals surface area contributed by atoms with E-state index in [1.165, 1.54) is 23.9 Å². The minimum atomic E-state index is -1.00. The molecule has 4 rings (SSSR count). The van der Waals surface area contributed by atoms with Gasteiger partial charge in [0.05, 0.1) is 21.2 Å². The van der Waals surface area contributed by atoms with Crippen molar-refractivity contribution in [1.29, 1.82) is 0 Å². The highest BCUT2D eigenvalue weighted by Gasteiger charge is 2.43. The van der Waals surface area contributed by atoms with Crippen LogP contribution in [-0.2, 0) is 4.79 Å². The van der Waals surface area contributed by atoms with Crippen LogP contribution in [0.15, 0.2) is 60.7 Å². The fourth-order valence-electron chi connectivity index (χ4n) is 3.61. The second kappa shape index (κ2) is 10.9. The molecule has 1 atom stereocenters. The average Bonchev–Trinajstić information content (AvgIpc) is 3.07. The van der Waals surface area contributed by atoms with Gasteiger partial charge in [-0.15, -0.1) is 0 Å². The molecule has 1 aliphatic rings. The van der Waals surface area contributed by atoms with Gasteiger partial charge in [-0.1, -0.05) is 34.8 Å². The number of amides is 3. The van der Waals surface area contributed by atoms with Gasteiger partial charge in [0, 0.05) is 10.7 Å². The molecule has 10 heteroatoms. The van der Waals surface area contributed by atoms with Gasteiger partial charge >= 0.3 is 0 Å². The van der Waals surface area contributed by atoms with Crippen LogP contribution in [0.5, 0.6) is 11.5 Å². The maximum absolute atomic E-state index is 13.2. The predicted molar refractivity (Wildman–Crippen MR) is 140 cm³/mol. The smallest absolute Gasteiger partial charge is 0.262 e. The Labute approximate surface area is 221 Å². The molecule has 0 fully saturated rings. The first-order valence-electron chi connectivity index (χ1n) is 10.5. The van der Waals surface area contributed by atoms with Crippen molar-refractivity contribution in [2.75, 3.05) is 17.3 Å². The van der Waals surface area contributed by atoms with Gasteiger partial charge in [0.15, 0.2) is 0 Å². The lowest BCUT2D eigenvalue weighted by Crippen LogP contribution is -2.47. The molecule has 35 heavy (non-hydrogen) atoms. The molecule has 0 saturated carbocycles. The van der Waals surface area contributed by atoms with E-state index in [-0.39, 0.29) is 27.6 Å². The van der Waals surface area contributed by atoms with Crippen molar-refractivity contribution in [2.45, 2.75) is 12.5 Å². The first-order valence-corrected chi connectivity index (χ1v) is 13.0. The van der Waals surface area contributed by atoms with E-state index in [2.05, 4.69) is 5.32 Å². The molecular weight excluding hydrogens is 531 g/mol. The molecule has 0 spiro atoms. The minimum absolute atomic E-state index is 0.134. The van der Waals surface area contributed by atoms with Crippen molar-refractivity contribution in [3.05, 3.63) is 86.9 Å². The number of ether oxygens (including phenoxy) is 1. The number of halogens is 3. The Hall–Kier alpha value is -2.71. The van der Waals surface area contributed by atoms with Gasteiger partial charge in [0.25, 0.3) is 11.8 Å². The maximum Gasteiger partial charge on any atom is 0.262 e. The van der Waals surface area contributed by atoms with Crippen molar-refractivity contribution >= 4 is 70.0 Å². The van der Waals surface area contributed by atoms with Crippen molar-refractivity contribution in [2.24, 2.45) is 0 Å². The van der Waals surface area contributed by atoms with Gasteiger partial charge in [-0.2, -0.15) is 11.8 Å². The number of nitrogens with zero attached hydrogens (tertiary/aromatic N) is 1. The van der Waals surface area contributed by atoms with E-state index in [1.807, 2.05) is 6.26 Å². The first kappa shape index (κ1) is 25.4. The van der Waals surface area contributed by atoms with Crippen LogP contribution in [0.4, 0.5) is 5.69 Å². The van der Waals surface area contributed by atoms with Crippen LogP contribution in [-0.4, -0.2) is 40.7 Å². The Morgan fingerprint density at radius 1 is 0.914 bits per heavy atom. The molecule has 0 bridgehead atoms. The van der Waals surface area contributed by atoms with E-state index in [9.17, 15) is 14.4 Å². The SMILES string of the molecule is CSCCC(C(=O)Nc1ccc(Oc2ccc(Cl)cc2)cc1)N1C(=O)c2cc(Cl)c(Cl)cc2C1=O. The van der Waals surface area contributed by atoms with E-state index < -0.39 is 23.8 Å². The van der Waals surface area contributed by atoms with Gasteiger partial charge in [-0.3, -0.25) is 19.3 Å². The van der Waals surface area contributed by atoms with Crippen LogP contribution in [0.1, 0.15) is 27.1 Å². The molecule has 3 aromatic carbocycles. The monoisotopic (exact) mass is 548 g/mol. The summed E-state index contributed by atoms with van der Waals surface area (Å²) in [6.07, 6.45) is 2.17. The molecule has 6 nitrogen and oxygen atoms in total. The highest BCUT2D eigenvalue weighted by Crippen LogP contribution is 2.33. The summed E-state index contributed by atoms with van der Waals surface area (Å²) in [4.78, 5) is 40.3. The van der Waals surface area contributed by atoms with Crippen LogP contribution < -0.4 is 10.1 Å². The zero-order chi connectivity index (χ0) is 25.1. The molecule has 180 valence electrons. The van der Waals surface area contributed by atoms with E-state index in [4.69, 9.17) is 39.5 Å². The van der Waals surface area contributed by atoms with Crippen molar-refractivity contribution in [3.8, 4) is 11.5 Å². The molecule has 0 aliphatic carbocycles. The van der Waals surface area contributed by atoms with E-state index in [1.54, 1.807) is 48.5 Å². The van der Waals surface area contributed by atoms with Gasteiger partial charge in [-0.25, -0.2) is 0 Å². The predicted octanol–water partition coefficient (Wildman–Crippen LogP) is 6.80. The third-order valence-electron chi connectivity index (χ3n) is 5.34. The Morgan fingerprint density at radius 3 is 1.94 bits per heavy atom. The summed E-state index contributed by atoms with van der Waals surface area (Å²) >= 11 is 19.5. The molecular formula is C25H19Cl3N2O4S. The number of thioether (sulfide) groups is 1. The lowest BCUT2D eigenvalue weighted by atomic mass is 10.1. The second-order valence-corrected chi connectivity index (χ2v) is 9.90. The molecule has 1 unspecified atom stereocenters. The molecule has 1 heterocycles. The van der Waals surface area contributed by atoms with Gasteiger partial charge in [0.2, 0.25) is 5.91 Å². The number of carbonyl (C=O) groups is 3. The topological polar surface area (TPSA) is 75.7 Å². The third-order valence-corrected chi connectivity index (χ3v) is 6.96. The molecule has 0 aromatic heterocycles. The molecule has 1 aliphatic heterocycles. The summed E-state index contributed by atoms with van der Waals surface area (Å²) in [6, 6.07) is 15.4. The van der Waals surface area contributed by atoms with E-state index in [0.717, 1.165) is 4.90 Å². The summed E-state index contributed by atoms with van der Waals surface area (Å²) < 4.78 is 5.77. The number of anilines is 1. The third kappa shape index (κ3) is 5.59. The van der Waals surface area contributed by atoms with E-state index in [0.29, 0.717) is 28.0 Å². The lowest BCUT2D eigenvalue weighted by Gasteiger charge is -2.25. The van der Waals surface area contributed by atoms with Gasteiger partial charge in [-0.05, 0) is 79.1 Å². The first-order chi connectivity index (χ1) is 16.8. The van der Waals surface area contributed by atoms with Crippen molar-refractivity contribution in [3.63, 3.8) is 0 Å². The molecule has 3 aromatic rings. The summed E-state index contributed by atoms with van der Waals surface area (Å²) in [6.45, 7) is 0. The molecule has 1 N–H and O–H groups in total. The van der Waals surface area contributed by atoms with Crippen LogP contribution >= 0.6 is 46.6 Å². The van der Waals surface area contributed by atoms with Crippen molar-refractivity contribution < 1.29 is 19.1 Å². The van der Waals surface area contributed by atoms with E-state index >= 15 is 0 Å². The number of fused-ring (bicyclic) bond motifs is 1. The van der Waals surface area contributed by atoms with Crippen LogP contribution in [0.3, 0.4) is 0 Å². The second-order valence-electron chi connectivity index (χ2n) is 7.66. The highest BCUT2D eigenvalue weighted by molar-refractivity contribution is 7.98. The van der Waals surface area contributed by atoms with Crippen LogP contribution in [0.2, 0.25) is 15.1 Å². The highest BCUT2D eigenvalue weighted by atomic mass is 35.5. The zero-order valence-electron chi connectivity index (χ0n) is 18.4. The Kier molecular flexibility index (Phi) is 7.91. The number of rotatable bonds is 8. The number of carbonyl (C=O) groups excluding carboxylic acids is 3. The fraction of sp³-hybridized carbons (Fsp3) is 0.160. The standard InChI is InChI=1S/C25H19Cl3N2O4S/c1-35-11-10-22(30-24(32)18-12-20(27)21(28)13-19(18)25(30)33)23(31)29-15-4-8-17(9-5-15)34-16-6-2-14(26)3-7-16/h2-9,12-13,22H,10-11H2,1H3,(H,29,31). The lowest BCUT2D eigenvalue weighted by molar-refractivity contribution is -0.120. The Bertz CT molecular complexity index is 1240. The summed E-state index contributed by atoms with van der Waals surface area (Å²) in [5.41, 5.74) is 0.764. The minimum Gasteiger partial charge on any atom is -0.457 e. The largest absolute Gasteiger partial charge is 0.457 e. The zero-order valence-corrected chi connectivity index (χ0v) is 21.5. The van der Waals surface area contributed by atoms with Gasteiger partial charge in [0.1, 0.15) is 17.5 Å². The number of benzene rings is 3.